The van der Waals surface area contributed by atoms with Crippen molar-refractivity contribution in [2.75, 3.05) is 0 Å². The molecule has 3 rings (SSSR count). The van der Waals surface area contributed by atoms with Gasteiger partial charge in [-0.2, -0.15) is 0 Å². The van der Waals surface area contributed by atoms with Gasteiger partial charge in [-0.25, -0.2) is 0 Å². The second-order valence-electron chi connectivity index (χ2n) is 4.06. The average Bonchev–Trinajstić information content (AvgIpc) is 2.87. The summed E-state index contributed by atoms with van der Waals surface area (Å²) in [6.45, 7) is 0. The lowest BCUT2D eigenvalue weighted by Crippen LogP contribution is -2.18. The maximum absolute atomic E-state index is 11.1. The predicted octanol–water partition coefficient (Wildman–Crippen LogP) is 2.75. The molecule has 2 aromatic rings. The third-order valence-corrected chi connectivity index (χ3v) is 4.72. The zero-order valence-corrected chi connectivity index (χ0v) is 10.9. The van der Waals surface area contributed by atoms with Crippen LogP contribution in [0.25, 0.3) is 10.8 Å². The molecule has 1 N–H and O–H groups in total. The summed E-state index contributed by atoms with van der Waals surface area (Å²) in [5.41, 5.74) is 0. The minimum atomic E-state index is -0.807. The van der Waals surface area contributed by atoms with Crippen LogP contribution in [-0.2, 0) is 4.79 Å². The van der Waals surface area contributed by atoms with Gasteiger partial charge in [-0.1, -0.05) is 6.07 Å². The second-order valence-corrected chi connectivity index (χ2v) is 6.11. The van der Waals surface area contributed by atoms with E-state index < -0.39 is 11.2 Å². The first-order chi connectivity index (χ1) is 8.74. The highest BCUT2D eigenvalue weighted by atomic mass is 32.2. The first-order valence-electron chi connectivity index (χ1n) is 5.51. The molecule has 2 aromatic heterocycles. The molecular formula is C11H10N2O3S2. The van der Waals surface area contributed by atoms with Crippen LogP contribution in [0.3, 0.4) is 0 Å². The van der Waals surface area contributed by atoms with E-state index in [1.165, 1.54) is 11.3 Å². The van der Waals surface area contributed by atoms with Crippen molar-refractivity contribution in [2.45, 2.75) is 23.3 Å². The number of rotatable bonds is 5. The highest BCUT2D eigenvalue weighted by Crippen LogP contribution is 2.41. The lowest BCUT2D eigenvalue weighted by Gasteiger charge is -2.06. The van der Waals surface area contributed by atoms with Gasteiger partial charge < -0.3 is 9.52 Å². The first-order valence-corrected chi connectivity index (χ1v) is 7.27. The fraction of sp³-hybridized carbons (Fsp3) is 0.364. The number of aromatic nitrogens is 2. The largest absolute Gasteiger partial charge is 0.480 e. The smallest absolute Gasteiger partial charge is 0.317 e. The third kappa shape index (κ3) is 2.41. The minimum Gasteiger partial charge on any atom is -0.480 e. The molecule has 1 unspecified atom stereocenters. The van der Waals surface area contributed by atoms with E-state index in [9.17, 15) is 4.79 Å². The normalized spacial score (nSPS) is 16.7. The van der Waals surface area contributed by atoms with Crippen molar-refractivity contribution in [2.24, 2.45) is 5.92 Å². The van der Waals surface area contributed by atoms with Gasteiger partial charge in [-0.3, -0.25) is 4.79 Å². The molecule has 1 aliphatic rings. The molecule has 0 aromatic carbocycles. The average molecular weight is 282 g/mol. The van der Waals surface area contributed by atoms with Gasteiger partial charge in [0.15, 0.2) is 0 Å². The van der Waals surface area contributed by atoms with Gasteiger partial charge in [0.05, 0.1) is 4.88 Å². The van der Waals surface area contributed by atoms with Gasteiger partial charge in [0, 0.05) is 0 Å². The van der Waals surface area contributed by atoms with Crippen LogP contribution < -0.4 is 0 Å². The maximum atomic E-state index is 11.1. The molecule has 0 radical (unpaired) electrons. The standard InChI is InChI=1S/C11H10N2O3S2/c14-10(15)8(6-3-4-6)18-11-13-12-9(16-11)7-2-1-5-17-7/h1-2,5-6,8H,3-4H2,(H,14,15). The maximum Gasteiger partial charge on any atom is 0.317 e. The van der Waals surface area contributed by atoms with Gasteiger partial charge in [-0.05, 0) is 42.0 Å². The predicted molar refractivity (Wildman–Crippen MR) is 67.6 cm³/mol. The number of hydrogen-bond acceptors (Lipinski definition) is 6. The Kier molecular flexibility index (Phi) is 3.09. The van der Waals surface area contributed by atoms with Crippen LogP contribution in [-0.4, -0.2) is 26.5 Å². The van der Waals surface area contributed by atoms with Crippen molar-refractivity contribution in [3.05, 3.63) is 17.5 Å². The molecule has 2 heterocycles. The Morgan fingerprint density at radius 3 is 3.00 bits per heavy atom. The Bertz CT molecular complexity index is 548. The third-order valence-electron chi connectivity index (χ3n) is 2.66. The number of carbonyl (C=O) groups is 1. The van der Waals surface area contributed by atoms with Crippen LogP contribution >= 0.6 is 23.1 Å². The molecular weight excluding hydrogens is 272 g/mol. The van der Waals surface area contributed by atoms with Gasteiger partial charge in [-0.15, -0.1) is 21.5 Å². The van der Waals surface area contributed by atoms with E-state index in [1.54, 1.807) is 0 Å². The van der Waals surface area contributed by atoms with E-state index in [4.69, 9.17) is 9.52 Å². The summed E-state index contributed by atoms with van der Waals surface area (Å²) in [7, 11) is 0. The molecule has 0 aliphatic heterocycles. The van der Waals surface area contributed by atoms with Crippen molar-refractivity contribution in [3.63, 3.8) is 0 Å². The first kappa shape index (κ1) is 11.7. The summed E-state index contributed by atoms with van der Waals surface area (Å²) in [6.07, 6.45) is 1.94. The molecule has 94 valence electrons. The molecule has 1 saturated carbocycles. The zero-order valence-electron chi connectivity index (χ0n) is 9.28. The summed E-state index contributed by atoms with van der Waals surface area (Å²) in [6, 6.07) is 3.80. The van der Waals surface area contributed by atoms with Crippen LogP contribution in [0.4, 0.5) is 0 Å². The topological polar surface area (TPSA) is 76.2 Å². The number of thioether (sulfide) groups is 1. The molecule has 1 aliphatic carbocycles. The zero-order chi connectivity index (χ0) is 12.5. The Balaban J connectivity index is 1.75. The van der Waals surface area contributed by atoms with E-state index in [1.807, 2.05) is 17.5 Å². The molecule has 0 saturated heterocycles. The van der Waals surface area contributed by atoms with Crippen molar-refractivity contribution >= 4 is 29.1 Å². The van der Waals surface area contributed by atoms with Crippen molar-refractivity contribution < 1.29 is 14.3 Å². The summed E-state index contributed by atoms with van der Waals surface area (Å²) in [5, 5.41) is 18.7. The molecule has 0 bridgehead atoms. The van der Waals surface area contributed by atoms with Gasteiger partial charge in [0.2, 0.25) is 0 Å². The van der Waals surface area contributed by atoms with Crippen LogP contribution in [0.2, 0.25) is 0 Å². The molecule has 0 amide bonds. The van der Waals surface area contributed by atoms with E-state index in [-0.39, 0.29) is 5.92 Å². The SMILES string of the molecule is O=C(O)C(Sc1nnc(-c2cccs2)o1)C1CC1. The quantitative estimate of drug-likeness (QED) is 0.850. The molecule has 18 heavy (non-hydrogen) atoms. The van der Waals surface area contributed by atoms with Crippen LogP contribution in [0.15, 0.2) is 27.2 Å². The summed E-state index contributed by atoms with van der Waals surface area (Å²) < 4.78 is 5.47. The Hall–Kier alpha value is -1.34. The lowest BCUT2D eigenvalue weighted by molar-refractivity contribution is -0.136. The fourth-order valence-electron chi connectivity index (χ4n) is 1.61. The Morgan fingerprint density at radius 2 is 2.39 bits per heavy atom. The van der Waals surface area contributed by atoms with E-state index in [0.29, 0.717) is 11.1 Å². The van der Waals surface area contributed by atoms with E-state index in [2.05, 4.69) is 10.2 Å². The molecule has 1 fully saturated rings. The number of thiophene rings is 1. The number of hydrogen-bond donors (Lipinski definition) is 1. The highest BCUT2D eigenvalue weighted by molar-refractivity contribution is 8.00. The van der Waals surface area contributed by atoms with Crippen LogP contribution in [0, 0.1) is 5.92 Å². The monoisotopic (exact) mass is 282 g/mol. The minimum absolute atomic E-state index is 0.240. The molecule has 1 atom stereocenters. The summed E-state index contributed by atoms with van der Waals surface area (Å²) in [5.74, 6) is -0.115. The highest BCUT2D eigenvalue weighted by Gasteiger charge is 2.38. The van der Waals surface area contributed by atoms with Crippen molar-refractivity contribution in [1.29, 1.82) is 0 Å². The fourth-order valence-corrected chi connectivity index (χ4v) is 3.25. The van der Waals surface area contributed by atoms with Gasteiger partial charge in [0.1, 0.15) is 5.25 Å². The lowest BCUT2D eigenvalue weighted by atomic mass is 10.3. The molecule has 5 nitrogen and oxygen atoms in total. The van der Waals surface area contributed by atoms with E-state index >= 15 is 0 Å². The molecule has 0 spiro atoms. The number of nitrogens with zero attached hydrogens (tertiary/aromatic N) is 2. The van der Waals surface area contributed by atoms with Crippen molar-refractivity contribution in [3.8, 4) is 10.8 Å². The van der Waals surface area contributed by atoms with Crippen molar-refractivity contribution in [1.82, 2.24) is 10.2 Å². The summed E-state index contributed by atoms with van der Waals surface area (Å²) in [4.78, 5) is 12.0. The number of carboxylic acid groups (broad SMARTS) is 1. The Labute approximate surface area is 111 Å². The summed E-state index contributed by atoms with van der Waals surface area (Å²) >= 11 is 2.66. The van der Waals surface area contributed by atoms with Gasteiger partial charge >= 0.3 is 5.97 Å². The second kappa shape index (κ2) is 4.74. The van der Waals surface area contributed by atoms with Crippen LogP contribution in [0.1, 0.15) is 12.8 Å². The van der Waals surface area contributed by atoms with Crippen LogP contribution in [0.5, 0.6) is 0 Å². The van der Waals surface area contributed by atoms with Gasteiger partial charge in [0.25, 0.3) is 11.1 Å². The Morgan fingerprint density at radius 1 is 1.56 bits per heavy atom. The number of aliphatic carboxylic acids is 1. The molecule has 7 heteroatoms. The van der Waals surface area contributed by atoms with E-state index in [0.717, 1.165) is 29.5 Å². The number of carboxylic acids is 1.